The van der Waals surface area contributed by atoms with E-state index in [-0.39, 0.29) is 17.9 Å². The van der Waals surface area contributed by atoms with E-state index in [9.17, 15) is 14.7 Å². The monoisotopic (exact) mass is 452 g/mol. The highest BCUT2D eigenvalue weighted by atomic mass is 79.9. The number of furan rings is 1. The van der Waals surface area contributed by atoms with Gasteiger partial charge in [0.2, 0.25) is 0 Å². The van der Waals surface area contributed by atoms with E-state index in [0.29, 0.717) is 11.3 Å². The van der Waals surface area contributed by atoms with Gasteiger partial charge in [-0.2, -0.15) is 0 Å². The fourth-order valence-electron chi connectivity index (χ4n) is 3.42. The van der Waals surface area contributed by atoms with Crippen LogP contribution < -0.4 is 0 Å². The summed E-state index contributed by atoms with van der Waals surface area (Å²) in [5.74, 6) is -1.23. The third-order valence-corrected chi connectivity index (χ3v) is 5.78. The lowest BCUT2D eigenvalue weighted by Gasteiger charge is -2.23. The predicted octanol–water partition coefficient (Wildman–Crippen LogP) is 4.37. The van der Waals surface area contributed by atoms with Crippen LogP contribution in [-0.4, -0.2) is 26.7 Å². The van der Waals surface area contributed by atoms with Gasteiger partial charge in [0.25, 0.3) is 11.7 Å². The number of Topliss-reactive ketones (excluding diaryl/α,β-unsaturated/α-hetero) is 1. The lowest BCUT2D eigenvalue weighted by atomic mass is 9.98. The van der Waals surface area contributed by atoms with Crippen LogP contribution in [0.1, 0.15) is 28.5 Å². The van der Waals surface area contributed by atoms with Gasteiger partial charge in [-0.3, -0.25) is 14.6 Å². The number of nitrogens with zero attached hydrogens (tertiary/aromatic N) is 2. The Morgan fingerprint density at radius 1 is 1.21 bits per heavy atom. The first kappa shape index (κ1) is 19.1. The Balaban J connectivity index is 1.84. The average Bonchev–Trinajstić information content (AvgIpc) is 3.33. The molecule has 3 aromatic rings. The summed E-state index contributed by atoms with van der Waals surface area (Å²) in [4.78, 5) is 31.1. The number of rotatable bonds is 4. The van der Waals surface area contributed by atoms with Gasteiger partial charge < -0.3 is 14.4 Å². The Morgan fingerprint density at radius 3 is 2.62 bits per heavy atom. The van der Waals surface area contributed by atoms with Crippen LogP contribution in [0.2, 0.25) is 0 Å². The molecule has 6 nitrogen and oxygen atoms in total. The van der Waals surface area contributed by atoms with Crippen LogP contribution in [0.15, 0.2) is 75.6 Å². The number of likely N-dealkylation sites (tertiary alicyclic amines) is 1. The number of halogens is 1. The van der Waals surface area contributed by atoms with E-state index in [0.717, 1.165) is 15.6 Å². The number of carbonyl (C=O) groups is 2. The number of amides is 1. The Morgan fingerprint density at radius 2 is 1.97 bits per heavy atom. The smallest absolute Gasteiger partial charge is 0.296 e. The molecule has 7 heteroatoms. The van der Waals surface area contributed by atoms with Crippen molar-refractivity contribution in [2.24, 2.45) is 0 Å². The number of ketones is 1. The second-order valence-corrected chi connectivity index (χ2v) is 7.62. The normalized spacial score (nSPS) is 18.4. The molecule has 0 spiro atoms. The molecule has 1 unspecified atom stereocenters. The minimum absolute atomic E-state index is 0.0146. The van der Waals surface area contributed by atoms with Crippen LogP contribution in [0.25, 0.3) is 5.76 Å². The number of aromatic nitrogens is 1. The maximum Gasteiger partial charge on any atom is 0.296 e. The summed E-state index contributed by atoms with van der Waals surface area (Å²) in [5.41, 5.74) is 2.19. The van der Waals surface area contributed by atoms with E-state index in [1.54, 1.807) is 54.9 Å². The molecule has 0 bridgehead atoms. The van der Waals surface area contributed by atoms with E-state index < -0.39 is 17.7 Å². The number of pyridine rings is 1. The van der Waals surface area contributed by atoms with Gasteiger partial charge in [-0.25, -0.2) is 0 Å². The van der Waals surface area contributed by atoms with Crippen LogP contribution in [0.5, 0.6) is 0 Å². The zero-order valence-corrected chi connectivity index (χ0v) is 17.1. The second kappa shape index (κ2) is 7.67. The van der Waals surface area contributed by atoms with Gasteiger partial charge in [0.15, 0.2) is 0 Å². The Bertz CT molecular complexity index is 1110. The largest absolute Gasteiger partial charge is 0.507 e. The molecule has 146 valence electrons. The molecule has 0 aliphatic carbocycles. The van der Waals surface area contributed by atoms with E-state index in [2.05, 4.69) is 20.9 Å². The highest BCUT2D eigenvalue weighted by Gasteiger charge is 2.47. The number of aryl methyl sites for hydroxylation is 1. The number of benzene rings is 1. The molecule has 1 aliphatic heterocycles. The SMILES string of the molecule is Cc1cc(/C(O)=C2/C(=O)C(=O)N(Cc3ccncc3)C2c2ccco2)ccc1Br. The molecular weight excluding hydrogens is 436 g/mol. The Labute approximate surface area is 175 Å². The maximum atomic E-state index is 12.9. The van der Waals surface area contributed by atoms with Gasteiger partial charge >= 0.3 is 0 Å². The molecule has 0 saturated carbocycles. The van der Waals surface area contributed by atoms with Gasteiger partial charge in [0.05, 0.1) is 11.8 Å². The summed E-state index contributed by atoms with van der Waals surface area (Å²) in [6, 6.07) is 11.4. The molecule has 4 rings (SSSR count). The zero-order chi connectivity index (χ0) is 20.5. The third kappa shape index (κ3) is 3.49. The fraction of sp³-hybridized carbons (Fsp3) is 0.136. The Kier molecular flexibility index (Phi) is 5.07. The number of carbonyl (C=O) groups excluding carboxylic acids is 2. The molecule has 0 radical (unpaired) electrons. The van der Waals surface area contributed by atoms with E-state index in [1.165, 1.54) is 11.2 Å². The van der Waals surface area contributed by atoms with Crippen molar-refractivity contribution in [3.05, 3.63) is 93.6 Å². The van der Waals surface area contributed by atoms with Crippen molar-refractivity contribution in [1.82, 2.24) is 9.88 Å². The standard InChI is InChI=1S/C22H17BrN2O4/c1-13-11-15(4-5-16(13)23)20(26)18-19(17-3-2-10-29-17)25(22(28)21(18)27)12-14-6-8-24-9-7-14/h2-11,19,26H,12H2,1H3/b20-18-. The molecule has 1 N–H and O–H groups in total. The van der Waals surface area contributed by atoms with Crippen molar-refractivity contribution in [3.63, 3.8) is 0 Å². The number of aliphatic hydroxyl groups excluding tert-OH is 1. The topological polar surface area (TPSA) is 83.6 Å². The van der Waals surface area contributed by atoms with Crippen molar-refractivity contribution >= 4 is 33.4 Å². The van der Waals surface area contributed by atoms with Gasteiger partial charge in [0, 0.05) is 29.0 Å². The predicted molar refractivity (Wildman–Crippen MR) is 110 cm³/mol. The molecule has 1 saturated heterocycles. The summed E-state index contributed by atoms with van der Waals surface area (Å²) >= 11 is 3.43. The van der Waals surface area contributed by atoms with Gasteiger partial charge in [0.1, 0.15) is 17.6 Å². The first-order valence-electron chi connectivity index (χ1n) is 8.94. The molecule has 1 aromatic carbocycles. The third-order valence-electron chi connectivity index (χ3n) is 4.89. The van der Waals surface area contributed by atoms with Gasteiger partial charge in [-0.1, -0.05) is 22.0 Å². The van der Waals surface area contributed by atoms with Gasteiger partial charge in [-0.15, -0.1) is 0 Å². The summed E-state index contributed by atoms with van der Waals surface area (Å²) in [6.07, 6.45) is 4.72. The summed E-state index contributed by atoms with van der Waals surface area (Å²) in [6.45, 7) is 2.07. The molecule has 1 aliphatic rings. The number of aliphatic hydroxyl groups is 1. The van der Waals surface area contributed by atoms with Crippen molar-refractivity contribution in [2.75, 3.05) is 0 Å². The van der Waals surface area contributed by atoms with Crippen LogP contribution in [0.3, 0.4) is 0 Å². The van der Waals surface area contributed by atoms with E-state index in [4.69, 9.17) is 4.42 Å². The first-order chi connectivity index (χ1) is 14.0. The minimum atomic E-state index is -0.817. The summed E-state index contributed by atoms with van der Waals surface area (Å²) in [7, 11) is 0. The van der Waals surface area contributed by atoms with Crippen molar-refractivity contribution in [1.29, 1.82) is 0 Å². The molecule has 3 heterocycles. The average molecular weight is 453 g/mol. The lowest BCUT2D eigenvalue weighted by Crippen LogP contribution is -2.29. The highest BCUT2D eigenvalue weighted by molar-refractivity contribution is 9.10. The van der Waals surface area contributed by atoms with Gasteiger partial charge in [-0.05, 0) is 54.4 Å². The summed E-state index contributed by atoms with van der Waals surface area (Å²) < 4.78 is 6.41. The van der Waals surface area contributed by atoms with Crippen LogP contribution in [-0.2, 0) is 16.1 Å². The molecule has 29 heavy (non-hydrogen) atoms. The molecule has 2 aromatic heterocycles. The quantitative estimate of drug-likeness (QED) is 0.361. The molecule has 1 amide bonds. The lowest BCUT2D eigenvalue weighted by molar-refractivity contribution is -0.140. The highest BCUT2D eigenvalue weighted by Crippen LogP contribution is 2.40. The zero-order valence-electron chi connectivity index (χ0n) is 15.5. The molecular formula is C22H17BrN2O4. The van der Waals surface area contributed by atoms with Crippen molar-refractivity contribution in [2.45, 2.75) is 19.5 Å². The minimum Gasteiger partial charge on any atom is -0.507 e. The number of hydrogen-bond donors (Lipinski definition) is 1. The van der Waals surface area contributed by atoms with Crippen LogP contribution in [0, 0.1) is 6.92 Å². The van der Waals surface area contributed by atoms with Crippen molar-refractivity contribution < 1.29 is 19.1 Å². The van der Waals surface area contributed by atoms with Crippen LogP contribution in [0.4, 0.5) is 0 Å². The van der Waals surface area contributed by atoms with E-state index in [1.807, 2.05) is 6.92 Å². The second-order valence-electron chi connectivity index (χ2n) is 6.76. The van der Waals surface area contributed by atoms with Crippen molar-refractivity contribution in [3.8, 4) is 0 Å². The first-order valence-corrected chi connectivity index (χ1v) is 9.74. The number of hydrogen-bond acceptors (Lipinski definition) is 5. The summed E-state index contributed by atoms with van der Waals surface area (Å²) in [5, 5.41) is 11.0. The molecule has 1 fully saturated rings. The van der Waals surface area contributed by atoms with Crippen LogP contribution >= 0.6 is 15.9 Å². The van der Waals surface area contributed by atoms with E-state index >= 15 is 0 Å². The fourth-order valence-corrected chi connectivity index (χ4v) is 3.66. The Hall–Kier alpha value is -3.19. The maximum absolute atomic E-state index is 12.9. The molecule has 1 atom stereocenters.